The molecule has 6 heteroatoms. The Kier molecular flexibility index (Phi) is 11.2. The molecule has 0 aromatic heterocycles. The van der Waals surface area contributed by atoms with Crippen LogP contribution < -0.4 is 9.47 Å². The van der Waals surface area contributed by atoms with Gasteiger partial charge in [0.25, 0.3) is 0 Å². The fourth-order valence-electron chi connectivity index (χ4n) is 0.959. The van der Waals surface area contributed by atoms with Crippen molar-refractivity contribution in [3.63, 3.8) is 0 Å². The first-order chi connectivity index (χ1) is 8.78. The Morgan fingerprint density at radius 2 is 0.944 bits per heavy atom. The van der Waals surface area contributed by atoms with Crippen LogP contribution in [0.2, 0.25) is 0 Å². The molecule has 0 saturated carbocycles. The van der Waals surface area contributed by atoms with Crippen LogP contribution in [0.4, 0.5) is 0 Å². The van der Waals surface area contributed by atoms with Crippen molar-refractivity contribution in [1.82, 2.24) is 0 Å². The molecule has 0 aliphatic rings. The molecule has 1 rings (SSSR count). The lowest BCUT2D eigenvalue weighted by Crippen LogP contribution is -2.03. The van der Waals surface area contributed by atoms with E-state index in [9.17, 15) is 0 Å². The maximum atomic E-state index is 8.52. The topological polar surface area (TPSA) is 99.4 Å². The second kappa shape index (κ2) is 12.1. The van der Waals surface area contributed by atoms with Gasteiger partial charge in [0.2, 0.25) is 0 Å². The lowest BCUT2D eigenvalue weighted by Gasteiger charge is -2.06. The van der Waals surface area contributed by atoms with Gasteiger partial charge in [0.1, 0.15) is 24.7 Å². The highest BCUT2D eigenvalue weighted by Crippen LogP contribution is 2.17. The molecule has 0 fully saturated rings. The third kappa shape index (κ3) is 8.77. The quantitative estimate of drug-likeness (QED) is 0.522. The summed E-state index contributed by atoms with van der Waals surface area (Å²) in [5, 5.41) is 32.3. The molecule has 104 valence electrons. The van der Waals surface area contributed by atoms with Crippen LogP contribution in [0, 0.1) is 0 Å². The van der Waals surface area contributed by atoms with Crippen molar-refractivity contribution in [3.05, 3.63) is 24.3 Å². The van der Waals surface area contributed by atoms with Gasteiger partial charge in [-0.1, -0.05) is 0 Å². The van der Waals surface area contributed by atoms with Crippen LogP contribution in [-0.4, -0.2) is 60.1 Å². The van der Waals surface area contributed by atoms with Crippen LogP contribution in [0.1, 0.15) is 0 Å². The van der Waals surface area contributed by atoms with Gasteiger partial charge in [0, 0.05) is 0 Å². The number of hydrogen-bond donors (Lipinski definition) is 4. The van der Waals surface area contributed by atoms with Gasteiger partial charge in [-0.3, -0.25) is 0 Å². The predicted octanol–water partition coefficient (Wildman–Crippen LogP) is -0.600. The third-order valence-corrected chi connectivity index (χ3v) is 1.64. The molecule has 0 bridgehead atoms. The summed E-state index contributed by atoms with van der Waals surface area (Å²) in [6.07, 6.45) is 0. The van der Waals surface area contributed by atoms with Crippen molar-refractivity contribution in [2.45, 2.75) is 0 Å². The Balaban J connectivity index is 0.000000631. The summed E-state index contributed by atoms with van der Waals surface area (Å²) in [4.78, 5) is 0. The molecule has 6 nitrogen and oxygen atoms in total. The van der Waals surface area contributed by atoms with Crippen LogP contribution in [0.3, 0.4) is 0 Å². The van der Waals surface area contributed by atoms with Gasteiger partial charge in [-0.25, -0.2) is 0 Å². The second-order valence-electron chi connectivity index (χ2n) is 3.06. The molecule has 0 aliphatic heterocycles. The smallest absolute Gasteiger partial charge is 0.119 e. The fourth-order valence-corrected chi connectivity index (χ4v) is 0.959. The first kappa shape index (κ1) is 16.7. The van der Waals surface area contributed by atoms with Crippen LogP contribution >= 0.6 is 0 Å². The van der Waals surface area contributed by atoms with E-state index in [0.717, 1.165) is 0 Å². The summed E-state index contributed by atoms with van der Waals surface area (Å²) in [6.45, 7) is 0.333. The van der Waals surface area contributed by atoms with E-state index in [4.69, 9.17) is 29.9 Å². The van der Waals surface area contributed by atoms with E-state index in [1.165, 1.54) is 0 Å². The number of aliphatic hydroxyl groups excluding tert-OH is 4. The van der Waals surface area contributed by atoms with Gasteiger partial charge in [0.05, 0.1) is 26.4 Å². The Labute approximate surface area is 106 Å². The first-order valence-electron chi connectivity index (χ1n) is 5.57. The largest absolute Gasteiger partial charge is 0.491 e. The van der Waals surface area contributed by atoms with Crippen molar-refractivity contribution in [2.24, 2.45) is 0 Å². The zero-order chi connectivity index (χ0) is 13.6. The highest BCUT2D eigenvalue weighted by Gasteiger charge is 1.95. The number of aliphatic hydroxyl groups is 4. The highest BCUT2D eigenvalue weighted by atomic mass is 16.5. The summed E-state index contributed by atoms with van der Waals surface area (Å²) in [5.74, 6) is 1.38. The summed E-state index contributed by atoms with van der Waals surface area (Å²) in [6, 6.07) is 7.01. The molecule has 1 aromatic carbocycles. The zero-order valence-electron chi connectivity index (χ0n) is 10.2. The van der Waals surface area contributed by atoms with Gasteiger partial charge in [-0.05, 0) is 24.3 Å². The molecule has 0 radical (unpaired) electrons. The molecule has 0 aliphatic carbocycles. The SMILES string of the molecule is OCCO.OCCOc1ccc(OCCO)cc1. The minimum Gasteiger partial charge on any atom is -0.491 e. The van der Waals surface area contributed by atoms with Gasteiger partial charge >= 0.3 is 0 Å². The lowest BCUT2D eigenvalue weighted by molar-refractivity contribution is 0.186. The maximum absolute atomic E-state index is 8.52. The minimum atomic E-state index is -0.125. The molecule has 4 N–H and O–H groups in total. The van der Waals surface area contributed by atoms with Gasteiger partial charge in [-0.2, -0.15) is 0 Å². The first-order valence-corrected chi connectivity index (χ1v) is 5.57. The number of ether oxygens (including phenoxy) is 2. The fraction of sp³-hybridized carbons (Fsp3) is 0.500. The summed E-state index contributed by atoms with van der Waals surface area (Å²) in [7, 11) is 0. The molecule has 18 heavy (non-hydrogen) atoms. The predicted molar refractivity (Wildman–Crippen MR) is 65.8 cm³/mol. The van der Waals surface area contributed by atoms with Gasteiger partial charge in [-0.15, -0.1) is 0 Å². The number of rotatable bonds is 7. The molecule has 0 unspecified atom stereocenters. The van der Waals surface area contributed by atoms with Crippen LogP contribution in [-0.2, 0) is 0 Å². The van der Waals surface area contributed by atoms with Crippen molar-refractivity contribution < 1.29 is 29.9 Å². The molecule has 0 saturated heterocycles. The number of benzene rings is 1. The van der Waals surface area contributed by atoms with E-state index in [-0.39, 0.29) is 39.6 Å². The Morgan fingerprint density at radius 1 is 0.611 bits per heavy atom. The number of hydrogen-bond acceptors (Lipinski definition) is 6. The molecule has 0 amide bonds. The Hall–Kier alpha value is -1.34. The average molecular weight is 260 g/mol. The zero-order valence-corrected chi connectivity index (χ0v) is 10.2. The lowest BCUT2D eigenvalue weighted by atomic mass is 10.3. The average Bonchev–Trinajstić information content (AvgIpc) is 2.44. The normalized spacial score (nSPS) is 9.33. The minimum absolute atomic E-state index is 0.00274. The van der Waals surface area contributed by atoms with Crippen molar-refractivity contribution in [2.75, 3.05) is 39.6 Å². The van der Waals surface area contributed by atoms with Crippen LogP contribution in [0.15, 0.2) is 24.3 Å². The highest BCUT2D eigenvalue weighted by molar-refractivity contribution is 5.31. The van der Waals surface area contributed by atoms with E-state index in [1.54, 1.807) is 24.3 Å². The van der Waals surface area contributed by atoms with Crippen molar-refractivity contribution in [1.29, 1.82) is 0 Å². The third-order valence-electron chi connectivity index (χ3n) is 1.64. The molecule has 0 atom stereocenters. The van der Waals surface area contributed by atoms with Gasteiger partial charge < -0.3 is 29.9 Å². The Bertz CT molecular complexity index is 245. The standard InChI is InChI=1S/C10H14O4.C2H6O2/c11-5-7-13-9-1-2-10(4-3-9)14-8-6-12;3-1-2-4/h1-4,11-12H,5-8H2;3-4H,1-2H2. The summed E-state index contributed by atoms with van der Waals surface area (Å²) in [5.41, 5.74) is 0. The van der Waals surface area contributed by atoms with E-state index >= 15 is 0 Å². The van der Waals surface area contributed by atoms with Crippen molar-refractivity contribution >= 4 is 0 Å². The second-order valence-corrected chi connectivity index (χ2v) is 3.06. The molecule has 1 aromatic rings. The van der Waals surface area contributed by atoms with Crippen LogP contribution in [0.5, 0.6) is 11.5 Å². The van der Waals surface area contributed by atoms with Gasteiger partial charge in [0.15, 0.2) is 0 Å². The Morgan fingerprint density at radius 3 is 1.17 bits per heavy atom. The van der Waals surface area contributed by atoms with Crippen LogP contribution in [0.25, 0.3) is 0 Å². The monoisotopic (exact) mass is 260 g/mol. The molecule has 0 heterocycles. The van der Waals surface area contributed by atoms with E-state index < -0.39 is 0 Å². The van der Waals surface area contributed by atoms with E-state index in [1.807, 2.05) is 0 Å². The molecular weight excluding hydrogens is 240 g/mol. The summed E-state index contributed by atoms with van der Waals surface area (Å²) < 4.78 is 10.3. The van der Waals surface area contributed by atoms with E-state index in [0.29, 0.717) is 11.5 Å². The maximum Gasteiger partial charge on any atom is 0.119 e. The summed E-state index contributed by atoms with van der Waals surface area (Å²) >= 11 is 0. The van der Waals surface area contributed by atoms with Crippen molar-refractivity contribution in [3.8, 4) is 11.5 Å². The molecule has 0 spiro atoms. The molecular formula is C12H20O6. The van der Waals surface area contributed by atoms with E-state index in [2.05, 4.69) is 0 Å².